The number of fused-ring (bicyclic) bond motifs is 7. The van der Waals surface area contributed by atoms with E-state index in [1.807, 2.05) is 0 Å². The fourth-order valence-electron chi connectivity index (χ4n) is 10.4. The minimum absolute atomic E-state index is 0.00903. The van der Waals surface area contributed by atoms with Crippen molar-refractivity contribution in [1.29, 1.82) is 0 Å². The van der Waals surface area contributed by atoms with Crippen LogP contribution in [0.15, 0.2) is 91.0 Å². The van der Waals surface area contributed by atoms with Crippen LogP contribution in [0.25, 0.3) is 11.1 Å². The van der Waals surface area contributed by atoms with Crippen molar-refractivity contribution in [2.24, 2.45) is 23.7 Å². The van der Waals surface area contributed by atoms with Crippen molar-refractivity contribution in [2.75, 3.05) is 4.90 Å². The maximum atomic E-state index is 2.55. The standard InChI is InChI=1S/C41H43N/c1-41(2)37-7-4-3-6-34(37)40-38(41)8-5-9-39(40)42(32-18-14-28(15-19-32)35-24-26-10-12-30(35)22-26)33-20-16-29(17-21-33)36-25-27-11-13-31(36)23-27/h3-9,14-21,26-27,30-31,35-36H,10-13,22-25H2,1-2H3. The molecule has 4 saturated carbocycles. The van der Waals surface area contributed by atoms with Crippen LogP contribution >= 0.6 is 0 Å². The number of nitrogens with zero attached hydrogens (tertiary/aromatic N) is 1. The van der Waals surface area contributed by atoms with Gasteiger partial charge in [0.15, 0.2) is 0 Å². The topological polar surface area (TPSA) is 3.24 Å². The summed E-state index contributed by atoms with van der Waals surface area (Å²) in [6.07, 6.45) is 11.5. The lowest BCUT2D eigenvalue weighted by molar-refractivity contribution is 0.420. The normalized spacial score (nSPS) is 29.6. The van der Waals surface area contributed by atoms with Gasteiger partial charge in [-0.2, -0.15) is 0 Å². The highest BCUT2D eigenvalue weighted by molar-refractivity contribution is 5.94. The third-order valence-electron chi connectivity index (χ3n) is 12.5. The van der Waals surface area contributed by atoms with E-state index in [9.17, 15) is 0 Å². The van der Waals surface area contributed by atoms with Gasteiger partial charge in [0.1, 0.15) is 0 Å². The fraction of sp³-hybridized carbons (Fsp3) is 0.415. The number of benzene rings is 4. The third-order valence-corrected chi connectivity index (χ3v) is 12.5. The first-order valence-corrected chi connectivity index (χ1v) is 16.8. The van der Waals surface area contributed by atoms with E-state index in [0.29, 0.717) is 0 Å². The zero-order valence-electron chi connectivity index (χ0n) is 25.2. The van der Waals surface area contributed by atoms with E-state index in [1.54, 1.807) is 11.1 Å². The molecule has 4 bridgehead atoms. The summed E-state index contributed by atoms with van der Waals surface area (Å²) >= 11 is 0. The molecule has 0 radical (unpaired) electrons. The first-order chi connectivity index (χ1) is 20.5. The zero-order valence-corrected chi connectivity index (χ0v) is 25.2. The van der Waals surface area contributed by atoms with Gasteiger partial charge in [-0.25, -0.2) is 0 Å². The summed E-state index contributed by atoms with van der Waals surface area (Å²) in [7, 11) is 0. The molecular formula is C41H43N. The van der Waals surface area contributed by atoms with Crippen LogP contribution in [-0.4, -0.2) is 0 Å². The summed E-state index contributed by atoms with van der Waals surface area (Å²) in [5, 5.41) is 0. The second-order valence-electron chi connectivity index (χ2n) is 15.0. The van der Waals surface area contributed by atoms with Gasteiger partial charge in [-0.3, -0.25) is 0 Å². The van der Waals surface area contributed by atoms with Gasteiger partial charge in [0, 0.05) is 22.4 Å². The Bertz CT molecular complexity index is 1570. The lowest BCUT2D eigenvalue weighted by Crippen LogP contribution is -2.16. The van der Waals surface area contributed by atoms with E-state index in [2.05, 4.69) is 110 Å². The number of hydrogen-bond donors (Lipinski definition) is 0. The van der Waals surface area contributed by atoms with E-state index in [0.717, 1.165) is 35.5 Å². The maximum Gasteiger partial charge on any atom is 0.0543 e. The minimum Gasteiger partial charge on any atom is -0.310 e. The quantitative estimate of drug-likeness (QED) is 0.239. The van der Waals surface area contributed by atoms with Gasteiger partial charge in [0.05, 0.1) is 5.69 Å². The van der Waals surface area contributed by atoms with Gasteiger partial charge in [0.2, 0.25) is 0 Å². The van der Waals surface area contributed by atoms with Gasteiger partial charge < -0.3 is 4.90 Å². The second kappa shape index (κ2) is 9.34. The molecule has 0 aromatic heterocycles. The van der Waals surface area contributed by atoms with Crippen molar-refractivity contribution in [2.45, 2.75) is 82.5 Å². The molecule has 4 aromatic carbocycles. The maximum absolute atomic E-state index is 2.55. The Hall–Kier alpha value is -3.32. The molecule has 0 heterocycles. The zero-order chi connectivity index (χ0) is 28.0. The van der Waals surface area contributed by atoms with Crippen molar-refractivity contribution >= 4 is 17.1 Å². The van der Waals surface area contributed by atoms with Crippen molar-refractivity contribution < 1.29 is 0 Å². The Labute approximate surface area is 252 Å². The Morgan fingerprint density at radius 3 is 1.62 bits per heavy atom. The highest BCUT2D eigenvalue weighted by Crippen LogP contribution is 2.56. The van der Waals surface area contributed by atoms with Gasteiger partial charge in [-0.15, -0.1) is 0 Å². The van der Waals surface area contributed by atoms with Crippen LogP contribution < -0.4 is 4.90 Å². The van der Waals surface area contributed by atoms with Gasteiger partial charge in [0.25, 0.3) is 0 Å². The van der Waals surface area contributed by atoms with Crippen LogP contribution in [0.5, 0.6) is 0 Å². The molecule has 0 amide bonds. The van der Waals surface area contributed by atoms with Crippen LogP contribution in [0.2, 0.25) is 0 Å². The first kappa shape index (κ1) is 25.2. The van der Waals surface area contributed by atoms with Crippen molar-refractivity contribution in [3.8, 4) is 11.1 Å². The van der Waals surface area contributed by atoms with Crippen LogP contribution in [0, 0.1) is 23.7 Å². The largest absolute Gasteiger partial charge is 0.310 e. The molecule has 5 aliphatic carbocycles. The van der Waals surface area contributed by atoms with Crippen molar-refractivity contribution in [3.63, 3.8) is 0 Å². The lowest BCUT2D eigenvalue weighted by atomic mass is 9.82. The molecule has 0 saturated heterocycles. The summed E-state index contributed by atoms with van der Waals surface area (Å²) in [5.74, 6) is 5.29. The van der Waals surface area contributed by atoms with E-state index >= 15 is 0 Å². The Morgan fingerprint density at radius 2 is 1.10 bits per heavy atom. The van der Waals surface area contributed by atoms with E-state index in [4.69, 9.17) is 0 Å². The molecule has 1 nitrogen and oxygen atoms in total. The third kappa shape index (κ3) is 3.74. The molecular weight excluding hydrogens is 506 g/mol. The Kier molecular flexibility index (Phi) is 5.60. The molecule has 0 aliphatic heterocycles. The van der Waals surface area contributed by atoms with Gasteiger partial charge >= 0.3 is 0 Å². The van der Waals surface area contributed by atoms with Gasteiger partial charge in [-0.05, 0) is 132 Å². The molecule has 1 heteroatoms. The molecule has 0 N–H and O–H groups in total. The molecule has 5 aliphatic rings. The second-order valence-corrected chi connectivity index (χ2v) is 15.0. The summed E-state index contributed by atoms with van der Waals surface area (Å²) in [6, 6.07) is 35.5. The molecule has 4 aromatic rings. The first-order valence-electron chi connectivity index (χ1n) is 16.8. The highest BCUT2D eigenvalue weighted by Gasteiger charge is 2.42. The Morgan fingerprint density at radius 1 is 0.548 bits per heavy atom. The molecule has 4 fully saturated rings. The molecule has 6 unspecified atom stereocenters. The molecule has 9 rings (SSSR count). The smallest absolute Gasteiger partial charge is 0.0543 e. The van der Waals surface area contributed by atoms with Gasteiger partial charge in [-0.1, -0.05) is 87.4 Å². The monoisotopic (exact) mass is 549 g/mol. The van der Waals surface area contributed by atoms with Crippen molar-refractivity contribution in [1.82, 2.24) is 0 Å². The van der Waals surface area contributed by atoms with E-state index in [-0.39, 0.29) is 5.41 Å². The molecule has 0 spiro atoms. The average Bonchev–Trinajstić information content (AvgIpc) is 3.87. The van der Waals surface area contributed by atoms with Crippen LogP contribution in [0.4, 0.5) is 17.1 Å². The predicted molar refractivity (Wildman–Crippen MR) is 175 cm³/mol. The summed E-state index contributed by atoms with van der Waals surface area (Å²) in [5.41, 5.74) is 12.6. The lowest BCUT2D eigenvalue weighted by Gasteiger charge is -2.30. The van der Waals surface area contributed by atoms with Crippen molar-refractivity contribution in [3.05, 3.63) is 113 Å². The molecule has 6 atom stereocenters. The Balaban J connectivity index is 1.15. The highest BCUT2D eigenvalue weighted by atomic mass is 15.1. The number of rotatable bonds is 5. The fourth-order valence-corrected chi connectivity index (χ4v) is 10.4. The SMILES string of the molecule is CC1(C)c2ccccc2-c2c(N(c3ccc(C4CC5CCC4C5)cc3)c3ccc(C4CC5CCC4C5)cc3)cccc21. The number of hydrogen-bond acceptors (Lipinski definition) is 1. The molecule has 42 heavy (non-hydrogen) atoms. The van der Waals surface area contributed by atoms with Crippen LogP contribution in [0.1, 0.15) is 99.3 Å². The average molecular weight is 550 g/mol. The number of anilines is 3. The summed E-state index contributed by atoms with van der Waals surface area (Å²) in [4.78, 5) is 2.55. The van der Waals surface area contributed by atoms with Crippen LogP contribution in [-0.2, 0) is 5.41 Å². The molecule has 212 valence electrons. The minimum atomic E-state index is -0.00903. The summed E-state index contributed by atoms with van der Waals surface area (Å²) in [6.45, 7) is 4.78. The van der Waals surface area contributed by atoms with Crippen LogP contribution in [0.3, 0.4) is 0 Å². The predicted octanol–water partition coefficient (Wildman–Crippen LogP) is 11.3. The summed E-state index contributed by atoms with van der Waals surface area (Å²) < 4.78 is 0. The van der Waals surface area contributed by atoms with E-state index in [1.165, 1.54) is 90.7 Å². The van der Waals surface area contributed by atoms with E-state index < -0.39 is 0 Å².